The number of hydrogen-bond donors (Lipinski definition) is 2. The van der Waals surface area contributed by atoms with Crippen LogP contribution in [0.5, 0.6) is 0 Å². The lowest BCUT2D eigenvalue weighted by Crippen LogP contribution is -2.51. The second-order valence-electron chi connectivity index (χ2n) is 5.46. The molecule has 2 rings (SSSR count). The maximum atomic E-state index is 12.3. The summed E-state index contributed by atoms with van der Waals surface area (Å²) in [5.41, 5.74) is 0. The van der Waals surface area contributed by atoms with E-state index in [4.69, 9.17) is 4.74 Å². The van der Waals surface area contributed by atoms with Gasteiger partial charge in [0.1, 0.15) is 0 Å². The average molecular weight is 291 g/mol. The fourth-order valence-electron chi connectivity index (χ4n) is 2.82. The van der Waals surface area contributed by atoms with Gasteiger partial charge in [0.2, 0.25) is 0 Å². The van der Waals surface area contributed by atoms with Gasteiger partial charge in [0.15, 0.2) is 0 Å². The van der Waals surface area contributed by atoms with E-state index < -0.39 is 10.2 Å². The molecule has 2 aliphatic heterocycles. The number of ether oxygens (including phenoxy) is 1. The monoisotopic (exact) mass is 291 g/mol. The molecule has 2 atom stereocenters. The highest BCUT2D eigenvalue weighted by atomic mass is 32.2. The van der Waals surface area contributed by atoms with E-state index in [1.807, 2.05) is 7.05 Å². The molecule has 2 fully saturated rings. The molecule has 2 N–H and O–H groups in total. The molecule has 0 aromatic heterocycles. The minimum Gasteiger partial charge on any atom is -0.380 e. The summed E-state index contributed by atoms with van der Waals surface area (Å²) in [5, 5.41) is 3.13. The standard InChI is InChI=1S/C12H25N3O3S/c1-13-8-11-4-2-6-15(9-11)19(16,17)14-12-5-3-7-18-10-12/h11-14H,2-10H2,1H3. The molecule has 0 saturated carbocycles. The molecule has 0 radical (unpaired) electrons. The van der Waals surface area contributed by atoms with Crippen LogP contribution < -0.4 is 10.0 Å². The third-order valence-corrected chi connectivity index (χ3v) is 5.43. The molecule has 0 bridgehead atoms. The first-order chi connectivity index (χ1) is 9.12. The van der Waals surface area contributed by atoms with Crippen LogP contribution in [0.4, 0.5) is 0 Å². The lowest BCUT2D eigenvalue weighted by molar-refractivity contribution is 0.0766. The molecule has 7 heteroatoms. The van der Waals surface area contributed by atoms with Gasteiger partial charge in [-0.1, -0.05) is 0 Å². The minimum absolute atomic E-state index is 0.0663. The van der Waals surface area contributed by atoms with Crippen molar-refractivity contribution in [2.75, 3.05) is 39.9 Å². The molecule has 0 amide bonds. The van der Waals surface area contributed by atoms with Crippen molar-refractivity contribution < 1.29 is 13.2 Å². The number of rotatable bonds is 5. The molecule has 0 aliphatic carbocycles. The largest absolute Gasteiger partial charge is 0.380 e. The Kier molecular flexibility index (Phi) is 5.58. The number of piperidine rings is 1. The smallest absolute Gasteiger partial charge is 0.279 e. The van der Waals surface area contributed by atoms with Gasteiger partial charge in [0.05, 0.1) is 6.61 Å². The Morgan fingerprint density at radius 2 is 2.16 bits per heavy atom. The fourth-order valence-corrected chi connectivity index (χ4v) is 4.35. The van der Waals surface area contributed by atoms with Crippen LogP contribution in [0, 0.1) is 5.92 Å². The quantitative estimate of drug-likeness (QED) is 0.744. The highest BCUT2D eigenvalue weighted by Crippen LogP contribution is 2.19. The number of hydrogen-bond acceptors (Lipinski definition) is 4. The van der Waals surface area contributed by atoms with Crippen molar-refractivity contribution in [3.8, 4) is 0 Å². The van der Waals surface area contributed by atoms with Crippen LogP contribution in [0.3, 0.4) is 0 Å². The first kappa shape index (κ1) is 15.2. The van der Waals surface area contributed by atoms with Crippen molar-refractivity contribution in [2.24, 2.45) is 5.92 Å². The van der Waals surface area contributed by atoms with Gasteiger partial charge in [-0.05, 0) is 45.2 Å². The maximum Gasteiger partial charge on any atom is 0.279 e. The van der Waals surface area contributed by atoms with E-state index in [0.29, 0.717) is 25.6 Å². The molecule has 0 aromatic rings. The molecule has 0 spiro atoms. The topological polar surface area (TPSA) is 70.7 Å². The summed E-state index contributed by atoms with van der Waals surface area (Å²) in [5.74, 6) is 0.415. The van der Waals surface area contributed by atoms with Crippen LogP contribution >= 0.6 is 0 Å². The SMILES string of the molecule is CNCC1CCCN(S(=O)(=O)NC2CCCOC2)C1. The van der Waals surface area contributed by atoms with Crippen LogP contribution in [0.2, 0.25) is 0 Å². The summed E-state index contributed by atoms with van der Waals surface area (Å²) in [6.45, 7) is 3.35. The molecule has 0 aromatic carbocycles. The lowest BCUT2D eigenvalue weighted by Gasteiger charge is -2.33. The molecule has 6 nitrogen and oxygen atoms in total. The summed E-state index contributed by atoms with van der Waals surface area (Å²) < 4.78 is 34.4. The molecule has 2 aliphatic rings. The van der Waals surface area contributed by atoms with Crippen LogP contribution in [0.15, 0.2) is 0 Å². The molecule has 19 heavy (non-hydrogen) atoms. The Labute approximate surface area is 116 Å². The van der Waals surface area contributed by atoms with Crippen molar-refractivity contribution >= 4 is 10.2 Å². The van der Waals surface area contributed by atoms with Crippen LogP contribution in [-0.4, -0.2) is 58.7 Å². The molecular weight excluding hydrogens is 266 g/mol. The Bertz CT molecular complexity index is 366. The zero-order chi connectivity index (χ0) is 13.7. The van der Waals surface area contributed by atoms with E-state index in [9.17, 15) is 8.42 Å². The van der Waals surface area contributed by atoms with Gasteiger partial charge >= 0.3 is 0 Å². The van der Waals surface area contributed by atoms with Crippen LogP contribution in [0.25, 0.3) is 0 Å². The molecule has 2 heterocycles. The van der Waals surface area contributed by atoms with Gasteiger partial charge < -0.3 is 10.1 Å². The van der Waals surface area contributed by atoms with E-state index >= 15 is 0 Å². The normalized spacial score (nSPS) is 30.4. The number of nitrogens with zero attached hydrogens (tertiary/aromatic N) is 1. The highest BCUT2D eigenvalue weighted by molar-refractivity contribution is 7.87. The predicted octanol–water partition coefficient (Wildman–Crippen LogP) is -0.0688. The zero-order valence-corrected chi connectivity index (χ0v) is 12.4. The van der Waals surface area contributed by atoms with Gasteiger partial charge in [-0.3, -0.25) is 0 Å². The van der Waals surface area contributed by atoms with Crippen LogP contribution in [0.1, 0.15) is 25.7 Å². The average Bonchev–Trinajstić information content (AvgIpc) is 2.40. The molecule has 112 valence electrons. The van der Waals surface area contributed by atoms with Gasteiger partial charge in [0.25, 0.3) is 10.2 Å². The van der Waals surface area contributed by atoms with Gasteiger partial charge in [-0.2, -0.15) is 17.4 Å². The summed E-state index contributed by atoms with van der Waals surface area (Å²) >= 11 is 0. The van der Waals surface area contributed by atoms with Crippen LogP contribution in [-0.2, 0) is 14.9 Å². The van der Waals surface area contributed by atoms with E-state index in [1.54, 1.807) is 4.31 Å². The third-order valence-electron chi connectivity index (χ3n) is 3.79. The first-order valence-electron chi connectivity index (χ1n) is 7.11. The van der Waals surface area contributed by atoms with E-state index in [0.717, 1.165) is 38.8 Å². The van der Waals surface area contributed by atoms with E-state index in [-0.39, 0.29) is 6.04 Å². The maximum absolute atomic E-state index is 12.3. The zero-order valence-electron chi connectivity index (χ0n) is 11.6. The fraction of sp³-hybridized carbons (Fsp3) is 1.00. The third kappa shape index (κ3) is 4.39. The van der Waals surface area contributed by atoms with Gasteiger partial charge in [-0.15, -0.1) is 0 Å². The van der Waals surface area contributed by atoms with Gasteiger partial charge in [0, 0.05) is 25.7 Å². The van der Waals surface area contributed by atoms with Crippen molar-refractivity contribution in [1.82, 2.24) is 14.3 Å². The van der Waals surface area contributed by atoms with Crippen molar-refractivity contribution in [3.05, 3.63) is 0 Å². The summed E-state index contributed by atoms with van der Waals surface area (Å²) in [6.07, 6.45) is 3.83. The molecule has 2 unspecified atom stereocenters. The Hall–Kier alpha value is -0.210. The summed E-state index contributed by atoms with van der Waals surface area (Å²) in [4.78, 5) is 0. The summed E-state index contributed by atoms with van der Waals surface area (Å²) in [6, 6.07) is -0.0663. The van der Waals surface area contributed by atoms with Crippen molar-refractivity contribution in [2.45, 2.75) is 31.7 Å². The highest BCUT2D eigenvalue weighted by Gasteiger charge is 2.30. The Morgan fingerprint density at radius 1 is 1.32 bits per heavy atom. The first-order valence-corrected chi connectivity index (χ1v) is 8.55. The lowest BCUT2D eigenvalue weighted by atomic mass is 10.00. The second-order valence-corrected chi connectivity index (χ2v) is 7.16. The number of nitrogens with one attached hydrogen (secondary N) is 2. The Balaban J connectivity index is 1.90. The van der Waals surface area contributed by atoms with E-state index in [2.05, 4.69) is 10.0 Å². The molecular formula is C12H25N3O3S. The second kappa shape index (κ2) is 6.99. The summed E-state index contributed by atoms with van der Waals surface area (Å²) in [7, 11) is -1.45. The molecule has 2 saturated heterocycles. The Morgan fingerprint density at radius 3 is 2.84 bits per heavy atom. The van der Waals surface area contributed by atoms with E-state index in [1.165, 1.54) is 0 Å². The minimum atomic E-state index is -3.36. The van der Waals surface area contributed by atoms with Crippen molar-refractivity contribution in [1.29, 1.82) is 0 Å². The predicted molar refractivity (Wildman–Crippen MR) is 74.1 cm³/mol. The van der Waals surface area contributed by atoms with Gasteiger partial charge in [-0.25, -0.2) is 0 Å². The van der Waals surface area contributed by atoms with Crippen molar-refractivity contribution in [3.63, 3.8) is 0 Å².